The summed E-state index contributed by atoms with van der Waals surface area (Å²) in [6.07, 6.45) is 3.65. The average Bonchev–Trinajstić information content (AvgIpc) is 2.83. The van der Waals surface area contributed by atoms with E-state index in [0.717, 1.165) is 5.56 Å². The van der Waals surface area contributed by atoms with Crippen molar-refractivity contribution in [1.29, 1.82) is 5.26 Å². The first kappa shape index (κ1) is 26.1. The zero-order chi connectivity index (χ0) is 25.4. The number of dihydropyridines is 1. The van der Waals surface area contributed by atoms with E-state index < -0.39 is 17.9 Å². The first-order valence-electron chi connectivity index (χ1n) is 10.9. The Labute approximate surface area is 214 Å². The summed E-state index contributed by atoms with van der Waals surface area (Å²) in [6.45, 7) is 3.44. The summed E-state index contributed by atoms with van der Waals surface area (Å²) in [5.41, 5.74) is 3.13. The van der Waals surface area contributed by atoms with Crippen LogP contribution >= 0.6 is 23.2 Å². The first-order chi connectivity index (χ1) is 16.8. The van der Waals surface area contributed by atoms with Gasteiger partial charge in [-0.1, -0.05) is 65.7 Å². The third-order valence-electron chi connectivity index (χ3n) is 5.34. The van der Waals surface area contributed by atoms with Crippen LogP contribution in [0, 0.1) is 11.3 Å². The van der Waals surface area contributed by atoms with Crippen LogP contribution in [-0.2, 0) is 19.1 Å². The molecule has 0 saturated heterocycles. The smallest absolute Gasteiger partial charge is 0.337 e. The molecule has 35 heavy (non-hydrogen) atoms. The van der Waals surface area contributed by atoms with E-state index in [9.17, 15) is 9.59 Å². The monoisotopic (exact) mass is 510 g/mol. The summed E-state index contributed by atoms with van der Waals surface area (Å²) in [7, 11) is 0. The minimum atomic E-state index is -0.800. The Morgan fingerprint density at radius 1 is 1.00 bits per heavy atom. The fourth-order valence-electron chi connectivity index (χ4n) is 3.78. The molecule has 8 heteroatoms. The minimum Gasteiger partial charge on any atom is -0.461 e. The molecule has 1 unspecified atom stereocenters. The molecule has 2 aromatic carbocycles. The molecule has 180 valence electrons. The second-order valence-corrected chi connectivity index (χ2v) is 8.58. The molecule has 0 radical (unpaired) electrons. The van der Waals surface area contributed by atoms with Crippen molar-refractivity contribution in [2.45, 2.75) is 26.2 Å². The summed E-state index contributed by atoms with van der Waals surface area (Å²) >= 11 is 12.4. The zero-order valence-corrected chi connectivity index (χ0v) is 20.8. The van der Waals surface area contributed by atoms with Gasteiger partial charge in [0.15, 0.2) is 0 Å². The summed E-state index contributed by atoms with van der Waals surface area (Å²) in [5.74, 6) is -2.02. The van der Waals surface area contributed by atoms with Crippen LogP contribution in [0.3, 0.4) is 0 Å². The van der Waals surface area contributed by atoms with Crippen molar-refractivity contribution in [1.82, 2.24) is 5.32 Å². The molecule has 1 heterocycles. The second kappa shape index (κ2) is 12.3. The topological polar surface area (TPSA) is 88.4 Å². The maximum Gasteiger partial charge on any atom is 0.337 e. The van der Waals surface area contributed by atoms with Gasteiger partial charge in [-0.25, -0.2) is 9.59 Å². The highest BCUT2D eigenvalue weighted by Gasteiger charge is 2.38. The molecule has 0 aliphatic carbocycles. The Balaban J connectivity index is 1.92. The average molecular weight is 511 g/mol. The van der Waals surface area contributed by atoms with Crippen molar-refractivity contribution < 1.29 is 19.1 Å². The summed E-state index contributed by atoms with van der Waals surface area (Å²) in [5, 5.41) is 12.5. The number of hydrogen-bond donors (Lipinski definition) is 1. The van der Waals surface area contributed by atoms with E-state index in [1.807, 2.05) is 42.5 Å². The maximum atomic E-state index is 13.3. The van der Waals surface area contributed by atoms with Crippen molar-refractivity contribution >= 4 is 41.2 Å². The molecule has 0 aromatic heterocycles. The number of nitrogens with zero attached hydrogens (tertiary/aromatic N) is 1. The van der Waals surface area contributed by atoms with Crippen LogP contribution in [0.5, 0.6) is 0 Å². The highest BCUT2D eigenvalue weighted by molar-refractivity contribution is 6.42. The van der Waals surface area contributed by atoms with E-state index in [1.165, 1.54) is 0 Å². The van der Waals surface area contributed by atoms with Crippen molar-refractivity contribution in [3.8, 4) is 6.07 Å². The summed E-state index contributed by atoms with van der Waals surface area (Å²) in [4.78, 5) is 26.3. The largest absolute Gasteiger partial charge is 0.461 e. The number of nitriles is 1. The van der Waals surface area contributed by atoms with E-state index in [-0.39, 0.29) is 35.8 Å². The number of rotatable bonds is 8. The molecule has 0 saturated carbocycles. The van der Waals surface area contributed by atoms with E-state index >= 15 is 0 Å². The number of halogens is 2. The van der Waals surface area contributed by atoms with Crippen LogP contribution in [0.4, 0.5) is 0 Å². The van der Waals surface area contributed by atoms with Crippen LogP contribution in [0.2, 0.25) is 10.0 Å². The maximum absolute atomic E-state index is 13.3. The Bertz CT molecular complexity index is 1240. The lowest BCUT2D eigenvalue weighted by Crippen LogP contribution is -2.32. The third-order valence-corrected chi connectivity index (χ3v) is 6.08. The number of carbonyl (C=O) groups excluding carboxylic acids is 2. The van der Waals surface area contributed by atoms with Gasteiger partial charge < -0.3 is 14.8 Å². The molecule has 0 fully saturated rings. The van der Waals surface area contributed by atoms with Gasteiger partial charge in [-0.15, -0.1) is 0 Å². The number of allylic oxidation sites excluding steroid dienone is 2. The second-order valence-electron chi connectivity index (χ2n) is 7.76. The molecular weight excluding hydrogens is 487 g/mol. The lowest BCUT2D eigenvalue weighted by molar-refractivity contribution is -0.139. The highest BCUT2D eigenvalue weighted by Crippen LogP contribution is 2.40. The fraction of sp³-hybridized carbons (Fsp3) is 0.222. The zero-order valence-electron chi connectivity index (χ0n) is 19.3. The van der Waals surface area contributed by atoms with Crippen molar-refractivity contribution in [2.24, 2.45) is 0 Å². The molecule has 1 aliphatic rings. The molecule has 0 bridgehead atoms. The lowest BCUT2D eigenvalue weighted by Gasteiger charge is -2.30. The predicted octanol–water partition coefficient (Wildman–Crippen LogP) is 5.94. The van der Waals surface area contributed by atoms with E-state index in [1.54, 1.807) is 38.1 Å². The lowest BCUT2D eigenvalue weighted by atomic mass is 9.80. The van der Waals surface area contributed by atoms with Gasteiger partial charge in [0.1, 0.15) is 13.2 Å². The van der Waals surface area contributed by atoms with Crippen LogP contribution in [-0.4, -0.2) is 25.2 Å². The van der Waals surface area contributed by atoms with Crippen molar-refractivity contribution in [2.75, 3.05) is 13.2 Å². The van der Waals surface area contributed by atoms with Crippen molar-refractivity contribution in [3.05, 3.63) is 98.3 Å². The molecule has 6 nitrogen and oxygen atoms in total. The molecule has 1 aliphatic heterocycles. The summed E-state index contributed by atoms with van der Waals surface area (Å²) in [6, 6.07) is 16.5. The molecule has 2 aromatic rings. The molecular formula is C27H24Cl2N2O4. The van der Waals surface area contributed by atoms with Gasteiger partial charge >= 0.3 is 11.9 Å². The predicted molar refractivity (Wildman–Crippen MR) is 135 cm³/mol. The number of ether oxygens (including phenoxy) is 2. The Morgan fingerprint density at radius 3 is 2.29 bits per heavy atom. The van der Waals surface area contributed by atoms with Gasteiger partial charge in [-0.05, 0) is 43.2 Å². The number of carbonyl (C=O) groups is 2. The van der Waals surface area contributed by atoms with Crippen LogP contribution in [0.25, 0.3) is 6.08 Å². The van der Waals surface area contributed by atoms with Crippen LogP contribution in [0.1, 0.15) is 37.3 Å². The number of esters is 2. The number of nitrogens with one attached hydrogen (secondary N) is 1. The summed E-state index contributed by atoms with van der Waals surface area (Å²) < 4.78 is 10.8. The standard InChI is InChI=1S/C27H24Cl2N2O4/c1-17-23(26(32)34-14-6-10-19-8-4-3-5-9-19)25(20-11-12-21(28)22(29)16-20)24(18(2)31-17)27(33)35-15-7-13-30/h3-6,8-12,16,25,31H,7,14-15H2,1-2H3. The Hall–Kier alpha value is -3.53. The number of benzene rings is 2. The fourth-order valence-corrected chi connectivity index (χ4v) is 4.08. The Morgan fingerprint density at radius 2 is 1.66 bits per heavy atom. The first-order valence-corrected chi connectivity index (χ1v) is 11.6. The van der Waals surface area contributed by atoms with Gasteiger partial charge in [-0.3, -0.25) is 0 Å². The van der Waals surface area contributed by atoms with Gasteiger partial charge in [0, 0.05) is 11.4 Å². The number of hydrogen-bond acceptors (Lipinski definition) is 6. The van der Waals surface area contributed by atoms with Crippen LogP contribution in [0.15, 0.2) is 77.1 Å². The molecule has 0 spiro atoms. The minimum absolute atomic E-state index is 0.0449. The van der Waals surface area contributed by atoms with Crippen molar-refractivity contribution in [3.63, 3.8) is 0 Å². The van der Waals surface area contributed by atoms with Gasteiger partial charge in [0.05, 0.1) is 39.6 Å². The Kier molecular flexibility index (Phi) is 9.13. The van der Waals surface area contributed by atoms with Gasteiger partial charge in [0.2, 0.25) is 0 Å². The molecule has 1 N–H and O–H groups in total. The molecule has 3 rings (SSSR count). The van der Waals surface area contributed by atoms with Crippen LogP contribution < -0.4 is 5.32 Å². The molecule has 1 atom stereocenters. The quantitative estimate of drug-likeness (QED) is 0.349. The van der Waals surface area contributed by atoms with Gasteiger partial charge in [0.25, 0.3) is 0 Å². The van der Waals surface area contributed by atoms with E-state index in [2.05, 4.69) is 5.32 Å². The molecule has 0 amide bonds. The highest BCUT2D eigenvalue weighted by atomic mass is 35.5. The third kappa shape index (κ3) is 6.54. The SMILES string of the molecule is CC1=C(C(=O)OCC=Cc2ccccc2)C(c2ccc(Cl)c(Cl)c2)C(C(=O)OCCC#N)=C(C)N1. The normalized spacial score (nSPS) is 15.6. The van der Waals surface area contributed by atoms with Gasteiger partial charge in [-0.2, -0.15) is 5.26 Å². The van der Waals surface area contributed by atoms with E-state index in [4.69, 9.17) is 37.9 Å². The van der Waals surface area contributed by atoms with E-state index in [0.29, 0.717) is 22.0 Å².